The average molecular weight is 191 g/mol. The molecule has 2 unspecified atom stereocenters. The van der Waals surface area contributed by atoms with Crippen molar-refractivity contribution in [1.82, 2.24) is 0 Å². The molecule has 0 aliphatic heterocycles. The van der Waals surface area contributed by atoms with Gasteiger partial charge in [0, 0.05) is 0 Å². The summed E-state index contributed by atoms with van der Waals surface area (Å²) in [5.41, 5.74) is 8.15. The number of aryl methyl sites for hydroxylation is 1. The summed E-state index contributed by atoms with van der Waals surface area (Å²) in [5.74, 6) is 0.349. The molecule has 2 rings (SSSR count). The maximum atomic E-state index is 9.44. The lowest BCUT2D eigenvalue weighted by Crippen LogP contribution is -2.49. The fourth-order valence-electron chi connectivity index (χ4n) is 2.33. The molecule has 0 aromatic heterocycles. The number of fused-ring (bicyclic) bond motifs is 1. The molecule has 2 atom stereocenters. The Morgan fingerprint density at radius 2 is 2.21 bits per heavy atom. The van der Waals surface area contributed by atoms with E-state index in [1.165, 1.54) is 5.56 Å². The zero-order chi connectivity index (χ0) is 10.2. The first-order chi connectivity index (χ1) is 6.68. The summed E-state index contributed by atoms with van der Waals surface area (Å²) in [6.07, 6.45) is 2.14. The van der Waals surface area contributed by atoms with Crippen molar-refractivity contribution in [3.05, 3.63) is 35.4 Å². The van der Waals surface area contributed by atoms with Crippen molar-refractivity contribution in [1.29, 1.82) is 0 Å². The van der Waals surface area contributed by atoms with E-state index in [9.17, 15) is 5.11 Å². The van der Waals surface area contributed by atoms with Crippen LogP contribution in [0.15, 0.2) is 24.3 Å². The highest BCUT2D eigenvalue weighted by molar-refractivity contribution is 5.36. The Bertz CT molecular complexity index is 337. The highest BCUT2D eigenvalue weighted by Gasteiger charge is 2.37. The van der Waals surface area contributed by atoms with Gasteiger partial charge in [0.2, 0.25) is 0 Å². The van der Waals surface area contributed by atoms with Crippen LogP contribution >= 0.6 is 0 Å². The lowest BCUT2D eigenvalue weighted by atomic mass is 9.71. The molecule has 0 saturated heterocycles. The van der Waals surface area contributed by atoms with Crippen molar-refractivity contribution in [2.45, 2.75) is 25.3 Å². The summed E-state index contributed by atoms with van der Waals surface area (Å²) >= 11 is 0. The van der Waals surface area contributed by atoms with Gasteiger partial charge in [0.1, 0.15) is 0 Å². The van der Waals surface area contributed by atoms with Crippen LogP contribution < -0.4 is 5.73 Å². The van der Waals surface area contributed by atoms with Crippen LogP contribution in [-0.4, -0.2) is 11.7 Å². The summed E-state index contributed by atoms with van der Waals surface area (Å²) in [6.45, 7) is 2.15. The molecular formula is C12H17NO. The van der Waals surface area contributed by atoms with Crippen LogP contribution in [0.5, 0.6) is 0 Å². The molecule has 2 heteroatoms. The Morgan fingerprint density at radius 3 is 2.93 bits per heavy atom. The van der Waals surface area contributed by atoms with Crippen molar-refractivity contribution in [2.75, 3.05) is 6.61 Å². The summed E-state index contributed by atoms with van der Waals surface area (Å²) in [6, 6.07) is 8.18. The number of nitrogens with two attached hydrogens (primary N) is 1. The molecule has 14 heavy (non-hydrogen) atoms. The first-order valence-electron chi connectivity index (χ1n) is 5.16. The summed E-state index contributed by atoms with van der Waals surface area (Å²) < 4.78 is 0. The van der Waals surface area contributed by atoms with Crippen LogP contribution in [0, 0.1) is 5.92 Å². The quantitative estimate of drug-likeness (QED) is 0.705. The third-order valence-electron chi connectivity index (χ3n) is 3.51. The van der Waals surface area contributed by atoms with Crippen LogP contribution in [0.1, 0.15) is 24.5 Å². The molecule has 0 spiro atoms. The molecule has 0 fully saturated rings. The normalized spacial score (nSPS) is 31.2. The minimum atomic E-state index is -0.533. The van der Waals surface area contributed by atoms with E-state index in [2.05, 4.69) is 13.0 Å². The number of benzene rings is 1. The molecule has 0 radical (unpaired) electrons. The van der Waals surface area contributed by atoms with E-state index in [-0.39, 0.29) is 6.61 Å². The first-order valence-corrected chi connectivity index (χ1v) is 5.16. The summed E-state index contributed by atoms with van der Waals surface area (Å²) in [5, 5.41) is 9.44. The van der Waals surface area contributed by atoms with Crippen molar-refractivity contribution in [2.24, 2.45) is 11.7 Å². The Kier molecular flexibility index (Phi) is 2.33. The standard InChI is InChI=1S/C12H17NO/c1-9-6-7-10-4-2-3-5-11(10)12(9,13)8-14/h2-5,9,14H,6-8,13H2,1H3. The third kappa shape index (κ3) is 1.26. The predicted molar refractivity (Wildman–Crippen MR) is 56.9 cm³/mol. The number of hydrogen-bond donors (Lipinski definition) is 2. The topological polar surface area (TPSA) is 46.2 Å². The molecule has 1 aromatic carbocycles. The maximum absolute atomic E-state index is 9.44. The van der Waals surface area contributed by atoms with Gasteiger partial charge in [0.05, 0.1) is 12.1 Å². The van der Waals surface area contributed by atoms with E-state index in [4.69, 9.17) is 5.73 Å². The van der Waals surface area contributed by atoms with Gasteiger partial charge in [-0.15, -0.1) is 0 Å². The van der Waals surface area contributed by atoms with Gasteiger partial charge in [-0.05, 0) is 29.9 Å². The largest absolute Gasteiger partial charge is 0.394 e. The second kappa shape index (κ2) is 3.37. The van der Waals surface area contributed by atoms with Crippen molar-refractivity contribution >= 4 is 0 Å². The molecule has 0 amide bonds. The van der Waals surface area contributed by atoms with Crippen LogP contribution in [0.3, 0.4) is 0 Å². The fourth-order valence-corrected chi connectivity index (χ4v) is 2.33. The zero-order valence-electron chi connectivity index (χ0n) is 8.53. The van der Waals surface area contributed by atoms with E-state index in [1.54, 1.807) is 0 Å². The van der Waals surface area contributed by atoms with E-state index in [0.717, 1.165) is 18.4 Å². The monoisotopic (exact) mass is 191 g/mol. The minimum Gasteiger partial charge on any atom is -0.394 e. The third-order valence-corrected chi connectivity index (χ3v) is 3.51. The molecule has 2 nitrogen and oxygen atoms in total. The fraction of sp³-hybridized carbons (Fsp3) is 0.500. The molecule has 3 N–H and O–H groups in total. The van der Waals surface area contributed by atoms with E-state index >= 15 is 0 Å². The van der Waals surface area contributed by atoms with Crippen LogP contribution in [0.2, 0.25) is 0 Å². The Balaban J connectivity index is 2.52. The smallest absolute Gasteiger partial charge is 0.0672 e. The van der Waals surface area contributed by atoms with Crippen molar-refractivity contribution < 1.29 is 5.11 Å². The highest BCUT2D eigenvalue weighted by atomic mass is 16.3. The number of hydrogen-bond acceptors (Lipinski definition) is 2. The maximum Gasteiger partial charge on any atom is 0.0672 e. The number of aliphatic hydroxyl groups excluding tert-OH is 1. The lowest BCUT2D eigenvalue weighted by molar-refractivity contribution is 0.133. The first kappa shape index (κ1) is 9.69. The predicted octanol–water partition coefficient (Wildman–Crippen LogP) is 1.42. The molecule has 76 valence electrons. The van der Waals surface area contributed by atoms with E-state index < -0.39 is 5.54 Å². The summed E-state index contributed by atoms with van der Waals surface area (Å²) in [4.78, 5) is 0. The van der Waals surface area contributed by atoms with E-state index in [0.29, 0.717) is 5.92 Å². The van der Waals surface area contributed by atoms with Gasteiger partial charge < -0.3 is 10.8 Å². The lowest BCUT2D eigenvalue weighted by Gasteiger charge is -2.39. The summed E-state index contributed by atoms with van der Waals surface area (Å²) in [7, 11) is 0. The Labute approximate surface area is 84.7 Å². The molecule has 1 aromatic rings. The zero-order valence-corrected chi connectivity index (χ0v) is 8.53. The van der Waals surface area contributed by atoms with Gasteiger partial charge in [-0.1, -0.05) is 31.2 Å². The number of rotatable bonds is 1. The SMILES string of the molecule is CC1CCc2ccccc2C1(N)CO. The Morgan fingerprint density at radius 1 is 1.50 bits per heavy atom. The van der Waals surface area contributed by atoms with Gasteiger partial charge in [-0.2, -0.15) is 0 Å². The Hall–Kier alpha value is -0.860. The van der Waals surface area contributed by atoms with Crippen molar-refractivity contribution in [3.8, 4) is 0 Å². The molecular weight excluding hydrogens is 174 g/mol. The van der Waals surface area contributed by atoms with Gasteiger partial charge >= 0.3 is 0 Å². The van der Waals surface area contributed by atoms with Gasteiger partial charge in [0.25, 0.3) is 0 Å². The second-order valence-corrected chi connectivity index (χ2v) is 4.30. The second-order valence-electron chi connectivity index (χ2n) is 4.30. The number of aliphatic hydroxyl groups is 1. The van der Waals surface area contributed by atoms with Crippen molar-refractivity contribution in [3.63, 3.8) is 0 Å². The highest BCUT2D eigenvalue weighted by Crippen LogP contribution is 2.36. The van der Waals surface area contributed by atoms with E-state index in [1.807, 2.05) is 18.2 Å². The van der Waals surface area contributed by atoms with Gasteiger partial charge in [-0.3, -0.25) is 0 Å². The van der Waals surface area contributed by atoms with Crippen LogP contribution in [0.25, 0.3) is 0 Å². The average Bonchev–Trinajstić information content (AvgIpc) is 2.24. The van der Waals surface area contributed by atoms with Gasteiger partial charge in [-0.25, -0.2) is 0 Å². The molecule has 0 heterocycles. The van der Waals surface area contributed by atoms with Gasteiger partial charge in [0.15, 0.2) is 0 Å². The van der Waals surface area contributed by atoms with Crippen LogP contribution in [-0.2, 0) is 12.0 Å². The molecule has 0 bridgehead atoms. The van der Waals surface area contributed by atoms with Crippen LogP contribution in [0.4, 0.5) is 0 Å². The molecule has 1 aliphatic rings. The minimum absolute atomic E-state index is 0.0329. The molecule has 0 saturated carbocycles. The molecule has 1 aliphatic carbocycles.